The summed E-state index contributed by atoms with van der Waals surface area (Å²) in [5.41, 5.74) is 1.03. The van der Waals surface area contributed by atoms with Crippen LogP contribution in [0.5, 0.6) is 0 Å². The Hall–Kier alpha value is -0.660. The summed E-state index contributed by atoms with van der Waals surface area (Å²) >= 11 is 0. The molecule has 40 valence electrons. The summed E-state index contributed by atoms with van der Waals surface area (Å²) in [5.74, 6) is 0. The van der Waals surface area contributed by atoms with Gasteiger partial charge in [-0.05, 0) is 13.8 Å². The highest BCUT2D eigenvalue weighted by atomic mass is 14.8. The minimum atomic E-state index is 1.03. The number of aliphatic imine (C=N–C) groups is 2. The van der Waals surface area contributed by atoms with Crippen molar-refractivity contribution >= 4 is 12.1 Å². The summed E-state index contributed by atoms with van der Waals surface area (Å²) in [6.45, 7) is 3.86. The Morgan fingerprint density at radius 2 is 2.00 bits per heavy atom. The van der Waals surface area contributed by atoms with Gasteiger partial charge in [-0.15, -0.1) is 0 Å². The molecule has 0 aliphatic heterocycles. The first-order valence-electron chi connectivity index (χ1n) is 2.19. The van der Waals surface area contributed by atoms with Gasteiger partial charge in [0.05, 0.1) is 0 Å². The van der Waals surface area contributed by atoms with E-state index in [1.165, 1.54) is 6.34 Å². The summed E-state index contributed by atoms with van der Waals surface area (Å²) in [6, 6.07) is 0. The molecule has 0 aromatic carbocycles. The van der Waals surface area contributed by atoms with Crippen molar-refractivity contribution in [3.05, 3.63) is 0 Å². The first kappa shape index (κ1) is 6.34. The summed E-state index contributed by atoms with van der Waals surface area (Å²) in [7, 11) is 1.70. The van der Waals surface area contributed by atoms with Gasteiger partial charge in [-0.25, -0.2) is 4.99 Å². The molecule has 0 saturated heterocycles. The molecule has 0 unspecified atom stereocenters. The normalized spacial score (nSPS) is 9.57. The third-order valence-electron chi connectivity index (χ3n) is 0.431. The van der Waals surface area contributed by atoms with Crippen LogP contribution in [0.4, 0.5) is 0 Å². The molecule has 0 heterocycles. The van der Waals surface area contributed by atoms with Crippen LogP contribution in [0.3, 0.4) is 0 Å². The number of nitrogens with zero attached hydrogens (tertiary/aromatic N) is 2. The highest BCUT2D eigenvalue weighted by Gasteiger charge is 1.67. The van der Waals surface area contributed by atoms with Gasteiger partial charge in [0.25, 0.3) is 0 Å². The van der Waals surface area contributed by atoms with E-state index in [9.17, 15) is 0 Å². The molecule has 0 radical (unpaired) electrons. The second kappa shape index (κ2) is 3.53. The van der Waals surface area contributed by atoms with Gasteiger partial charge in [0.15, 0.2) is 0 Å². The highest BCUT2D eigenvalue weighted by Crippen LogP contribution is 1.67. The Balaban J connectivity index is 3.46. The van der Waals surface area contributed by atoms with Crippen molar-refractivity contribution in [2.24, 2.45) is 9.98 Å². The molecule has 0 aliphatic rings. The lowest BCUT2D eigenvalue weighted by molar-refractivity contribution is 1.44. The second-order valence-corrected chi connectivity index (χ2v) is 1.45. The molecule has 0 atom stereocenters. The number of hydrogen-bond acceptors (Lipinski definition) is 1. The zero-order chi connectivity index (χ0) is 5.70. The lowest BCUT2D eigenvalue weighted by Gasteiger charge is -1.77. The van der Waals surface area contributed by atoms with Crippen LogP contribution in [-0.2, 0) is 0 Å². The predicted octanol–water partition coefficient (Wildman–Crippen LogP) is 1.13. The maximum absolute atomic E-state index is 3.87. The average molecular weight is 98.1 g/mol. The van der Waals surface area contributed by atoms with Crippen molar-refractivity contribution in [2.75, 3.05) is 7.05 Å². The number of hydrogen-bond donors (Lipinski definition) is 0. The minimum absolute atomic E-state index is 1.03. The van der Waals surface area contributed by atoms with Crippen LogP contribution >= 0.6 is 0 Å². The maximum Gasteiger partial charge on any atom is 0.109 e. The van der Waals surface area contributed by atoms with Crippen molar-refractivity contribution in [3.8, 4) is 0 Å². The minimum Gasteiger partial charge on any atom is -0.277 e. The van der Waals surface area contributed by atoms with Crippen LogP contribution in [0.1, 0.15) is 13.8 Å². The van der Waals surface area contributed by atoms with E-state index >= 15 is 0 Å². The molecular formula is C5H10N2. The van der Waals surface area contributed by atoms with Gasteiger partial charge in [-0.3, -0.25) is 4.99 Å². The first-order chi connectivity index (χ1) is 3.27. The Labute approximate surface area is 44.0 Å². The molecular weight excluding hydrogens is 88.1 g/mol. The first-order valence-corrected chi connectivity index (χ1v) is 2.19. The van der Waals surface area contributed by atoms with Crippen LogP contribution in [0.25, 0.3) is 0 Å². The van der Waals surface area contributed by atoms with Crippen LogP contribution in [-0.4, -0.2) is 19.1 Å². The number of rotatable bonds is 1. The topological polar surface area (TPSA) is 24.7 Å². The van der Waals surface area contributed by atoms with E-state index in [1.54, 1.807) is 7.05 Å². The van der Waals surface area contributed by atoms with Crippen molar-refractivity contribution < 1.29 is 0 Å². The standard InChI is InChI=1S/C5H10N2/c1-5(2)7-4-6-3/h4H,1-3H3. The molecule has 0 saturated carbocycles. The van der Waals surface area contributed by atoms with Crippen LogP contribution < -0.4 is 0 Å². The quantitative estimate of drug-likeness (QED) is 0.347. The molecule has 0 amide bonds. The van der Waals surface area contributed by atoms with E-state index in [2.05, 4.69) is 9.98 Å². The maximum atomic E-state index is 3.87. The smallest absolute Gasteiger partial charge is 0.109 e. The van der Waals surface area contributed by atoms with Crippen LogP contribution in [0.15, 0.2) is 9.98 Å². The zero-order valence-electron chi connectivity index (χ0n) is 4.97. The third-order valence-corrected chi connectivity index (χ3v) is 0.431. The Morgan fingerprint density at radius 3 is 2.14 bits per heavy atom. The van der Waals surface area contributed by atoms with Gasteiger partial charge < -0.3 is 0 Å². The monoisotopic (exact) mass is 98.1 g/mol. The summed E-state index contributed by atoms with van der Waals surface area (Å²) in [6.07, 6.45) is 1.54. The van der Waals surface area contributed by atoms with Crippen molar-refractivity contribution in [3.63, 3.8) is 0 Å². The predicted molar refractivity (Wildman–Crippen MR) is 33.2 cm³/mol. The van der Waals surface area contributed by atoms with Crippen molar-refractivity contribution in [2.45, 2.75) is 13.8 Å². The fourth-order valence-corrected chi connectivity index (χ4v) is 0.173. The fourth-order valence-electron chi connectivity index (χ4n) is 0.173. The van der Waals surface area contributed by atoms with Gasteiger partial charge in [0.2, 0.25) is 0 Å². The molecule has 0 rings (SSSR count). The van der Waals surface area contributed by atoms with E-state index in [-0.39, 0.29) is 0 Å². The lowest BCUT2D eigenvalue weighted by atomic mass is 10.5. The molecule has 0 fully saturated rings. The van der Waals surface area contributed by atoms with Crippen LogP contribution in [0, 0.1) is 0 Å². The van der Waals surface area contributed by atoms with Gasteiger partial charge in [0, 0.05) is 12.8 Å². The summed E-state index contributed by atoms with van der Waals surface area (Å²) in [4.78, 5) is 7.53. The van der Waals surface area contributed by atoms with Gasteiger partial charge in [0.1, 0.15) is 6.34 Å². The SMILES string of the molecule is CN=CN=C(C)C. The molecule has 0 aromatic heterocycles. The van der Waals surface area contributed by atoms with Gasteiger partial charge in [-0.1, -0.05) is 0 Å². The molecule has 0 spiro atoms. The Bertz CT molecular complexity index is 88.3. The van der Waals surface area contributed by atoms with Gasteiger partial charge in [-0.2, -0.15) is 0 Å². The molecule has 0 aromatic rings. The molecule has 0 aliphatic carbocycles. The van der Waals surface area contributed by atoms with E-state index in [0.29, 0.717) is 0 Å². The summed E-state index contributed by atoms with van der Waals surface area (Å²) < 4.78 is 0. The molecule has 0 N–H and O–H groups in total. The van der Waals surface area contributed by atoms with Crippen LogP contribution in [0.2, 0.25) is 0 Å². The fraction of sp³-hybridized carbons (Fsp3) is 0.600. The third kappa shape index (κ3) is 5.34. The van der Waals surface area contributed by atoms with E-state index in [4.69, 9.17) is 0 Å². The Morgan fingerprint density at radius 1 is 1.43 bits per heavy atom. The van der Waals surface area contributed by atoms with E-state index in [0.717, 1.165) is 5.71 Å². The Kier molecular flexibility index (Phi) is 3.19. The highest BCUT2D eigenvalue weighted by molar-refractivity contribution is 5.86. The average Bonchev–Trinajstić information content (AvgIpc) is 1.61. The van der Waals surface area contributed by atoms with E-state index < -0.39 is 0 Å². The van der Waals surface area contributed by atoms with Crippen molar-refractivity contribution in [1.82, 2.24) is 0 Å². The zero-order valence-corrected chi connectivity index (χ0v) is 4.97. The second-order valence-electron chi connectivity index (χ2n) is 1.45. The van der Waals surface area contributed by atoms with E-state index in [1.807, 2.05) is 13.8 Å². The lowest BCUT2D eigenvalue weighted by Crippen LogP contribution is -1.78. The molecule has 7 heavy (non-hydrogen) atoms. The molecule has 2 heteroatoms. The van der Waals surface area contributed by atoms with Crippen molar-refractivity contribution in [1.29, 1.82) is 0 Å². The largest absolute Gasteiger partial charge is 0.277 e. The van der Waals surface area contributed by atoms with Gasteiger partial charge >= 0.3 is 0 Å². The molecule has 0 bridgehead atoms. The molecule has 2 nitrogen and oxygen atoms in total. The summed E-state index contributed by atoms with van der Waals surface area (Å²) in [5, 5.41) is 0.